The molecule has 2 amide bonds. The number of anilines is 1. The van der Waals surface area contributed by atoms with Crippen LogP contribution in [0.3, 0.4) is 0 Å². The van der Waals surface area contributed by atoms with Crippen molar-refractivity contribution in [1.29, 1.82) is 0 Å². The lowest BCUT2D eigenvalue weighted by Gasteiger charge is -2.33. The van der Waals surface area contributed by atoms with Gasteiger partial charge in [-0.3, -0.25) is 13.9 Å². The number of nitrogens with zero attached hydrogens (tertiary/aromatic N) is 2. The van der Waals surface area contributed by atoms with Gasteiger partial charge >= 0.3 is 0 Å². The van der Waals surface area contributed by atoms with Gasteiger partial charge in [-0.15, -0.1) is 0 Å². The van der Waals surface area contributed by atoms with Crippen LogP contribution in [0.5, 0.6) is 0 Å². The monoisotopic (exact) mass is 527 g/mol. The summed E-state index contributed by atoms with van der Waals surface area (Å²) in [5.41, 5.74) is 0.916. The van der Waals surface area contributed by atoms with Crippen molar-refractivity contribution in [1.82, 2.24) is 10.2 Å². The summed E-state index contributed by atoms with van der Waals surface area (Å²) in [4.78, 5) is 28.1. The molecule has 0 fully saturated rings. The number of halogens is 2. The first-order valence-electron chi connectivity index (χ1n) is 11.0. The molecule has 0 saturated carbocycles. The average Bonchev–Trinajstić information content (AvgIpc) is 2.77. The number of amides is 2. The molecule has 1 N–H and O–H groups in total. The minimum absolute atomic E-state index is 0.0537. The number of sulfonamides is 1. The van der Waals surface area contributed by atoms with E-state index in [1.165, 1.54) is 11.0 Å². The van der Waals surface area contributed by atoms with Gasteiger partial charge in [-0.05, 0) is 49.6 Å². The first-order chi connectivity index (χ1) is 16.0. The smallest absolute Gasteiger partial charge is 0.244 e. The van der Waals surface area contributed by atoms with Gasteiger partial charge in [0.2, 0.25) is 21.8 Å². The molecule has 2 aromatic carbocycles. The van der Waals surface area contributed by atoms with E-state index < -0.39 is 28.5 Å². The van der Waals surface area contributed by atoms with E-state index in [4.69, 9.17) is 23.2 Å². The second kappa shape index (κ2) is 12.4. The third-order valence-electron chi connectivity index (χ3n) is 5.46. The number of hydrogen-bond acceptors (Lipinski definition) is 4. The highest BCUT2D eigenvalue weighted by molar-refractivity contribution is 7.92. The maximum atomic E-state index is 13.6. The Morgan fingerprint density at radius 1 is 1.03 bits per heavy atom. The predicted octanol–water partition coefficient (Wildman–Crippen LogP) is 4.48. The predicted molar refractivity (Wildman–Crippen MR) is 138 cm³/mol. The van der Waals surface area contributed by atoms with E-state index >= 15 is 0 Å². The van der Waals surface area contributed by atoms with Crippen LogP contribution >= 0.6 is 23.2 Å². The molecule has 0 saturated heterocycles. The molecule has 0 aliphatic heterocycles. The molecule has 34 heavy (non-hydrogen) atoms. The zero-order valence-corrected chi connectivity index (χ0v) is 22.1. The number of nitrogens with one attached hydrogen (secondary N) is 1. The first-order valence-corrected chi connectivity index (χ1v) is 13.6. The van der Waals surface area contributed by atoms with Gasteiger partial charge in [0.1, 0.15) is 12.6 Å². The van der Waals surface area contributed by atoms with Gasteiger partial charge in [0.15, 0.2) is 0 Å². The molecule has 0 aliphatic rings. The number of benzene rings is 2. The summed E-state index contributed by atoms with van der Waals surface area (Å²) in [6, 6.07) is 12.4. The zero-order valence-electron chi connectivity index (χ0n) is 19.8. The number of carbonyl (C=O) groups excluding carboxylic acids is 2. The highest BCUT2D eigenvalue weighted by Gasteiger charge is 2.32. The molecule has 0 radical (unpaired) electrons. The summed E-state index contributed by atoms with van der Waals surface area (Å²) >= 11 is 12.4. The molecular weight excluding hydrogens is 497 g/mol. The van der Waals surface area contributed by atoms with Gasteiger partial charge in [0, 0.05) is 22.6 Å². The standard InChI is InChI=1S/C24H31Cl2N3O4S/c1-5-17(3)27-24(31)22(6-2)28(15-18-10-7-8-13-21(18)26)23(30)16-29(34(4,32)33)20-12-9-11-19(25)14-20/h7-14,17,22H,5-6,15-16H2,1-4H3,(H,27,31)/t17-,22+/m1/s1. The van der Waals surface area contributed by atoms with Gasteiger partial charge in [0.25, 0.3) is 0 Å². The molecule has 0 aromatic heterocycles. The van der Waals surface area contributed by atoms with Crippen molar-refractivity contribution < 1.29 is 18.0 Å². The normalized spacial score (nSPS) is 13.1. The van der Waals surface area contributed by atoms with Crippen LogP contribution in [-0.4, -0.2) is 50.0 Å². The van der Waals surface area contributed by atoms with Crippen molar-refractivity contribution >= 4 is 50.7 Å². The van der Waals surface area contributed by atoms with E-state index in [1.807, 2.05) is 13.8 Å². The van der Waals surface area contributed by atoms with Crippen molar-refractivity contribution in [3.05, 3.63) is 64.1 Å². The van der Waals surface area contributed by atoms with Crippen LogP contribution in [0.25, 0.3) is 0 Å². The van der Waals surface area contributed by atoms with E-state index in [0.29, 0.717) is 22.0 Å². The topological polar surface area (TPSA) is 86.8 Å². The average molecular weight is 529 g/mol. The van der Waals surface area contributed by atoms with Crippen LogP contribution in [0, 0.1) is 0 Å². The van der Waals surface area contributed by atoms with Crippen molar-refractivity contribution in [2.75, 3.05) is 17.1 Å². The van der Waals surface area contributed by atoms with E-state index in [9.17, 15) is 18.0 Å². The van der Waals surface area contributed by atoms with Gasteiger partial charge in [-0.2, -0.15) is 0 Å². The van der Waals surface area contributed by atoms with Gasteiger partial charge in [-0.25, -0.2) is 8.42 Å². The molecule has 186 valence electrons. The van der Waals surface area contributed by atoms with E-state index in [-0.39, 0.29) is 24.2 Å². The molecule has 2 atom stereocenters. The Labute approximate surface area is 212 Å². The molecule has 0 unspecified atom stereocenters. The van der Waals surface area contributed by atoms with Crippen LogP contribution in [0.1, 0.15) is 39.2 Å². The molecule has 0 spiro atoms. The summed E-state index contributed by atoms with van der Waals surface area (Å²) in [5.74, 6) is -0.831. The Kier molecular flexibility index (Phi) is 10.2. The van der Waals surface area contributed by atoms with E-state index in [0.717, 1.165) is 17.0 Å². The minimum Gasteiger partial charge on any atom is -0.352 e. The van der Waals surface area contributed by atoms with Crippen LogP contribution in [0.15, 0.2) is 48.5 Å². The maximum absolute atomic E-state index is 13.6. The highest BCUT2D eigenvalue weighted by Crippen LogP contribution is 2.24. The first kappa shape index (κ1) is 28.0. The molecule has 7 nitrogen and oxygen atoms in total. The number of rotatable bonds is 11. The second-order valence-electron chi connectivity index (χ2n) is 8.10. The Morgan fingerprint density at radius 3 is 2.26 bits per heavy atom. The quantitative estimate of drug-likeness (QED) is 0.466. The van der Waals surface area contributed by atoms with Crippen LogP contribution < -0.4 is 9.62 Å². The largest absolute Gasteiger partial charge is 0.352 e. The maximum Gasteiger partial charge on any atom is 0.244 e. The molecule has 2 aromatic rings. The summed E-state index contributed by atoms with van der Waals surface area (Å²) in [6.45, 7) is 5.21. The Bertz CT molecular complexity index is 1110. The van der Waals surface area contributed by atoms with Crippen molar-refractivity contribution in [2.45, 2.75) is 52.2 Å². The molecule has 0 bridgehead atoms. The number of carbonyl (C=O) groups is 2. The lowest BCUT2D eigenvalue weighted by atomic mass is 10.1. The molecule has 2 rings (SSSR count). The SMILES string of the molecule is CC[C@@H](C)NC(=O)[C@H](CC)N(Cc1ccccc1Cl)C(=O)CN(c1cccc(Cl)c1)S(C)(=O)=O. The Morgan fingerprint density at radius 2 is 1.71 bits per heavy atom. The van der Waals surface area contributed by atoms with Gasteiger partial charge in [-0.1, -0.05) is 61.3 Å². The van der Waals surface area contributed by atoms with Crippen LogP contribution in [-0.2, 0) is 26.2 Å². The fourth-order valence-electron chi connectivity index (χ4n) is 3.42. The minimum atomic E-state index is -3.82. The van der Waals surface area contributed by atoms with Crippen molar-refractivity contribution in [3.8, 4) is 0 Å². The fraction of sp³-hybridized carbons (Fsp3) is 0.417. The summed E-state index contributed by atoms with van der Waals surface area (Å²) in [5, 5.41) is 3.71. The van der Waals surface area contributed by atoms with Crippen molar-refractivity contribution in [2.24, 2.45) is 0 Å². The number of hydrogen-bond donors (Lipinski definition) is 1. The fourth-order valence-corrected chi connectivity index (χ4v) is 4.64. The lowest BCUT2D eigenvalue weighted by molar-refractivity contribution is -0.140. The van der Waals surface area contributed by atoms with Crippen molar-refractivity contribution in [3.63, 3.8) is 0 Å². The third kappa shape index (κ3) is 7.61. The van der Waals surface area contributed by atoms with Crippen LogP contribution in [0.2, 0.25) is 10.0 Å². The van der Waals surface area contributed by atoms with E-state index in [2.05, 4.69) is 5.32 Å². The van der Waals surface area contributed by atoms with Gasteiger partial charge < -0.3 is 10.2 Å². The second-order valence-corrected chi connectivity index (χ2v) is 10.9. The lowest BCUT2D eigenvalue weighted by Crippen LogP contribution is -2.53. The Balaban J connectivity index is 2.45. The summed E-state index contributed by atoms with van der Waals surface area (Å²) in [7, 11) is -3.82. The summed E-state index contributed by atoms with van der Waals surface area (Å²) in [6.07, 6.45) is 2.10. The molecule has 0 heterocycles. The third-order valence-corrected chi connectivity index (χ3v) is 7.21. The van der Waals surface area contributed by atoms with E-state index in [1.54, 1.807) is 49.4 Å². The molecule has 0 aliphatic carbocycles. The molecular formula is C24H31Cl2N3O4S. The van der Waals surface area contributed by atoms with Crippen LogP contribution in [0.4, 0.5) is 5.69 Å². The highest BCUT2D eigenvalue weighted by atomic mass is 35.5. The zero-order chi connectivity index (χ0) is 25.5. The Hall–Kier alpha value is -2.29. The summed E-state index contributed by atoms with van der Waals surface area (Å²) < 4.78 is 26.2. The molecule has 10 heteroatoms. The van der Waals surface area contributed by atoms with Gasteiger partial charge in [0.05, 0.1) is 11.9 Å².